The highest BCUT2D eigenvalue weighted by Crippen LogP contribution is 2.09. The Morgan fingerprint density at radius 2 is 1.66 bits per heavy atom. The van der Waals surface area contributed by atoms with E-state index in [1.165, 1.54) is 25.3 Å². The molecule has 0 heterocycles. The van der Waals surface area contributed by atoms with Gasteiger partial charge in [-0.1, -0.05) is 42.5 Å². The van der Waals surface area contributed by atoms with Crippen molar-refractivity contribution in [2.24, 2.45) is 5.14 Å². The fourth-order valence-corrected chi connectivity index (χ4v) is 3.72. The molecule has 10 heteroatoms. The van der Waals surface area contributed by atoms with Crippen molar-refractivity contribution in [2.45, 2.75) is 11.3 Å². The van der Waals surface area contributed by atoms with Gasteiger partial charge in [0.2, 0.25) is 26.0 Å². The van der Waals surface area contributed by atoms with Gasteiger partial charge in [-0.05, 0) is 35.8 Å². The van der Waals surface area contributed by atoms with Crippen molar-refractivity contribution in [3.05, 3.63) is 71.1 Å². The summed E-state index contributed by atoms with van der Waals surface area (Å²) in [7, 11) is -6.14. The fraction of sp³-hybridized carbons (Fsp3) is 0.211. The van der Waals surface area contributed by atoms with Crippen molar-refractivity contribution >= 4 is 32.0 Å². The number of nitrogens with two attached hydrogens (primary N) is 1. The third-order valence-corrected chi connectivity index (χ3v) is 6.43. The van der Waals surface area contributed by atoms with Crippen molar-refractivity contribution in [3.8, 4) is 0 Å². The van der Waals surface area contributed by atoms with Gasteiger partial charge >= 0.3 is 0 Å². The largest absolute Gasteiger partial charge is 0.355 e. The van der Waals surface area contributed by atoms with E-state index in [-0.39, 0.29) is 18.0 Å². The molecule has 0 spiro atoms. The molecule has 29 heavy (non-hydrogen) atoms. The molecule has 156 valence electrons. The minimum atomic E-state index is -3.74. The molecule has 2 rings (SSSR count). The van der Waals surface area contributed by atoms with Crippen molar-refractivity contribution in [3.63, 3.8) is 0 Å². The van der Waals surface area contributed by atoms with E-state index in [1.807, 2.05) is 6.07 Å². The number of carbonyl (C=O) groups excluding carboxylic acids is 1. The van der Waals surface area contributed by atoms with Crippen molar-refractivity contribution in [1.82, 2.24) is 9.62 Å². The van der Waals surface area contributed by atoms with Crippen LogP contribution in [0.5, 0.6) is 0 Å². The van der Waals surface area contributed by atoms with Crippen molar-refractivity contribution in [2.75, 3.05) is 20.1 Å². The standard InChI is InChI=1S/C19H23N3O5S2/c1-22(28(24,25)14-12-16-5-3-2-4-6-16)15-19(23)21-13-11-17-7-9-18(10-8-17)29(20,26)27/h2-10,12,14H,11,13,15H2,1H3,(H,21,23)(H2,20,26,27)/b14-12+. The number of nitrogens with one attached hydrogen (secondary N) is 1. The zero-order valence-electron chi connectivity index (χ0n) is 15.9. The van der Waals surface area contributed by atoms with Crippen LogP contribution in [-0.4, -0.2) is 47.2 Å². The number of benzene rings is 2. The zero-order chi connectivity index (χ0) is 21.5. The number of sulfonamides is 2. The van der Waals surface area contributed by atoms with Gasteiger partial charge in [-0.2, -0.15) is 4.31 Å². The monoisotopic (exact) mass is 437 g/mol. The smallest absolute Gasteiger partial charge is 0.238 e. The summed E-state index contributed by atoms with van der Waals surface area (Å²) in [5.41, 5.74) is 1.55. The number of nitrogens with zero attached hydrogens (tertiary/aromatic N) is 1. The Morgan fingerprint density at radius 1 is 1.03 bits per heavy atom. The van der Waals surface area contributed by atoms with Crippen LogP contribution in [0.1, 0.15) is 11.1 Å². The number of carbonyl (C=O) groups is 1. The van der Waals surface area contributed by atoms with Crippen molar-refractivity contribution in [1.29, 1.82) is 0 Å². The van der Waals surface area contributed by atoms with Crippen LogP contribution in [0.4, 0.5) is 0 Å². The van der Waals surface area contributed by atoms with E-state index in [2.05, 4.69) is 5.32 Å². The maximum absolute atomic E-state index is 12.2. The molecule has 8 nitrogen and oxygen atoms in total. The first-order chi connectivity index (χ1) is 13.6. The second-order valence-corrected chi connectivity index (χ2v) is 9.79. The highest BCUT2D eigenvalue weighted by Gasteiger charge is 2.17. The van der Waals surface area contributed by atoms with Gasteiger partial charge in [0.1, 0.15) is 0 Å². The second kappa shape index (κ2) is 9.79. The summed E-state index contributed by atoms with van der Waals surface area (Å²) in [6.07, 6.45) is 1.93. The van der Waals surface area contributed by atoms with Crippen LogP contribution >= 0.6 is 0 Å². The van der Waals surface area contributed by atoms with Gasteiger partial charge < -0.3 is 5.32 Å². The summed E-state index contributed by atoms with van der Waals surface area (Å²) in [6.45, 7) is -0.0346. The first-order valence-electron chi connectivity index (χ1n) is 8.66. The highest BCUT2D eigenvalue weighted by molar-refractivity contribution is 7.92. The van der Waals surface area contributed by atoms with Crippen LogP contribution in [0.25, 0.3) is 6.08 Å². The maximum atomic E-state index is 12.2. The summed E-state index contributed by atoms with van der Waals surface area (Å²) in [5, 5.41) is 8.74. The predicted molar refractivity (Wildman–Crippen MR) is 112 cm³/mol. The second-order valence-electron chi connectivity index (χ2n) is 6.30. The summed E-state index contributed by atoms with van der Waals surface area (Å²) in [4.78, 5) is 12.0. The van der Waals surface area contributed by atoms with E-state index >= 15 is 0 Å². The Bertz CT molecular complexity index is 1060. The number of amides is 1. The average Bonchev–Trinajstić information content (AvgIpc) is 2.67. The van der Waals surface area contributed by atoms with E-state index in [4.69, 9.17) is 5.14 Å². The van der Waals surface area contributed by atoms with Gasteiger partial charge in [0.15, 0.2) is 0 Å². The Balaban J connectivity index is 1.83. The Kier molecular flexibility index (Phi) is 7.68. The minimum Gasteiger partial charge on any atom is -0.355 e. The fourth-order valence-electron chi connectivity index (χ4n) is 2.37. The Hall–Kier alpha value is -2.53. The molecule has 0 fully saturated rings. The molecule has 0 bridgehead atoms. The first-order valence-corrected chi connectivity index (χ1v) is 11.7. The Labute approximate surface area is 171 Å². The lowest BCUT2D eigenvalue weighted by Gasteiger charge is -2.14. The molecular formula is C19H23N3O5S2. The van der Waals surface area contributed by atoms with Gasteiger partial charge in [-0.3, -0.25) is 4.79 Å². The van der Waals surface area contributed by atoms with E-state index < -0.39 is 26.0 Å². The lowest BCUT2D eigenvalue weighted by molar-refractivity contribution is -0.121. The molecule has 0 aliphatic rings. The summed E-state index contributed by atoms with van der Waals surface area (Å²) < 4.78 is 47.9. The Morgan fingerprint density at radius 3 is 2.24 bits per heavy atom. The SMILES string of the molecule is CN(CC(=O)NCCc1ccc(S(N)(=O)=O)cc1)S(=O)(=O)/C=C/c1ccccc1. The first kappa shape index (κ1) is 22.8. The van der Waals surface area contributed by atoms with E-state index in [0.29, 0.717) is 6.42 Å². The molecular weight excluding hydrogens is 414 g/mol. The lowest BCUT2D eigenvalue weighted by atomic mass is 10.1. The number of rotatable bonds is 9. The molecule has 0 aliphatic carbocycles. The van der Waals surface area contributed by atoms with Gasteiger partial charge in [-0.25, -0.2) is 22.0 Å². The molecule has 0 aliphatic heterocycles. The molecule has 0 saturated carbocycles. The average molecular weight is 438 g/mol. The zero-order valence-corrected chi connectivity index (χ0v) is 17.5. The topological polar surface area (TPSA) is 127 Å². The van der Waals surface area contributed by atoms with E-state index in [9.17, 15) is 21.6 Å². The van der Waals surface area contributed by atoms with Gasteiger partial charge in [0.05, 0.1) is 11.4 Å². The third kappa shape index (κ3) is 7.42. The van der Waals surface area contributed by atoms with Crippen LogP contribution in [-0.2, 0) is 31.3 Å². The molecule has 0 aromatic heterocycles. The number of primary sulfonamides is 1. The van der Waals surface area contributed by atoms with Gasteiger partial charge in [-0.15, -0.1) is 0 Å². The normalized spacial score (nSPS) is 12.4. The molecule has 2 aromatic carbocycles. The predicted octanol–water partition coefficient (Wildman–Crippen LogP) is 0.925. The van der Waals surface area contributed by atoms with Gasteiger partial charge in [0.25, 0.3) is 0 Å². The van der Waals surface area contributed by atoms with Crippen LogP contribution in [0.3, 0.4) is 0 Å². The molecule has 2 aromatic rings. The molecule has 0 saturated heterocycles. The quantitative estimate of drug-likeness (QED) is 0.603. The summed E-state index contributed by atoms with van der Waals surface area (Å²) in [5.74, 6) is -0.439. The summed E-state index contributed by atoms with van der Waals surface area (Å²) in [6, 6.07) is 15.0. The lowest BCUT2D eigenvalue weighted by Crippen LogP contribution is -2.38. The minimum absolute atomic E-state index is 0.0145. The molecule has 3 N–H and O–H groups in total. The molecule has 0 atom stereocenters. The van der Waals surface area contributed by atoms with Crippen LogP contribution in [0.2, 0.25) is 0 Å². The molecule has 0 radical (unpaired) electrons. The summed E-state index contributed by atoms with van der Waals surface area (Å²) >= 11 is 0. The van der Waals surface area contributed by atoms with Crippen LogP contribution < -0.4 is 10.5 Å². The van der Waals surface area contributed by atoms with E-state index in [0.717, 1.165) is 20.8 Å². The van der Waals surface area contributed by atoms with Crippen LogP contribution in [0.15, 0.2) is 64.9 Å². The number of hydrogen-bond acceptors (Lipinski definition) is 5. The third-order valence-electron chi connectivity index (χ3n) is 4.02. The van der Waals surface area contributed by atoms with Gasteiger partial charge in [0, 0.05) is 19.0 Å². The highest BCUT2D eigenvalue weighted by atomic mass is 32.2. The number of hydrogen-bond donors (Lipinski definition) is 2. The van der Waals surface area contributed by atoms with Crippen molar-refractivity contribution < 1.29 is 21.6 Å². The van der Waals surface area contributed by atoms with E-state index in [1.54, 1.807) is 36.4 Å². The van der Waals surface area contributed by atoms with Crippen LogP contribution in [0, 0.1) is 0 Å². The molecule has 0 unspecified atom stereocenters. The number of likely N-dealkylation sites (N-methyl/N-ethyl adjacent to an activating group) is 1. The molecule has 1 amide bonds. The maximum Gasteiger partial charge on any atom is 0.238 e.